The van der Waals surface area contributed by atoms with E-state index in [0.717, 1.165) is 16.9 Å². The summed E-state index contributed by atoms with van der Waals surface area (Å²) in [4.78, 5) is 23.1. The maximum Gasteiger partial charge on any atom is 0.306 e. The van der Waals surface area contributed by atoms with Gasteiger partial charge in [-0.25, -0.2) is 4.98 Å². The Morgan fingerprint density at radius 1 is 1.13 bits per heavy atom. The van der Waals surface area contributed by atoms with Crippen LogP contribution in [0.2, 0.25) is 0 Å². The van der Waals surface area contributed by atoms with Crippen molar-refractivity contribution in [3.05, 3.63) is 96.1 Å². The van der Waals surface area contributed by atoms with Crippen molar-refractivity contribution in [2.45, 2.75) is 6.92 Å². The van der Waals surface area contributed by atoms with Crippen molar-refractivity contribution in [2.24, 2.45) is 0 Å². The molecule has 4 aromatic rings. The van der Waals surface area contributed by atoms with Crippen LogP contribution in [-0.2, 0) is 0 Å². The molecule has 146 valence electrons. The number of benzene rings is 2. The summed E-state index contributed by atoms with van der Waals surface area (Å²) in [6.07, 6.45) is 6.45. The summed E-state index contributed by atoms with van der Waals surface area (Å²) < 4.78 is 5.54. The average molecular weight is 395 g/mol. The van der Waals surface area contributed by atoms with Crippen LogP contribution in [0.25, 0.3) is 0 Å². The van der Waals surface area contributed by atoms with Crippen LogP contribution in [0.5, 0.6) is 0 Å². The third-order valence-corrected chi connectivity index (χ3v) is 4.50. The first-order valence-electron chi connectivity index (χ1n) is 9.17. The van der Waals surface area contributed by atoms with E-state index in [1.165, 1.54) is 6.26 Å². The molecule has 7 heteroatoms. The molecule has 0 fully saturated rings. The molecule has 2 heterocycles. The first-order chi connectivity index (χ1) is 14.7. The second-order valence-corrected chi connectivity index (χ2v) is 6.51. The minimum absolute atomic E-state index is 0.264. The Morgan fingerprint density at radius 2 is 1.97 bits per heavy atom. The molecule has 0 unspecified atom stereocenters. The number of pyridine rings is 1. The maximum atomic E-state index is 12.8. The molecule has 2 aromatic heterocycles. The number of rotatable bonds is 5. The molecule has 1 N–H and O–H groups in total. The zero-order chi connectivity index (χ0) is 20.9. The zero-order valence-corrected chi connectivity index (χ0v) is 16.1. The summed E-state index contributed by atoms with van der Waals surface area (Å²) in [5.41, 5.74) is 4.06. The highest BCUT2D eigenvalue weighted by atomic mass is 16.4. The van der Waals surface area contributed by atoms with Gasteiger partial charge in [0.2, 0.25) is 0 Å². The molecule has 4 rings (SSSR count). The van der Waals surface area contributed by atoms with Crippen molar-refractivity contribution in [3.8, 4) is 6.07 Å². The largest absolute Gasteiger partial charge is 0.432 e. The van der Waals surface area contributed by atoms with Gasteiger partial charge >= 0.3 is 6.01 Å². The standard InChI is InChI=1S/C23H17N5O2/c1-16-4-7-18(22(29)27-19-8-5-17(14-24)6-9-19)13-21(16)28(23-26-11-12-30-23)20-3-2-10-25-15-20/h2-13,15H,1H3,(H,27,29). The number of hydrogen-bond acceptors (Lipinski definition) is 6. The molecule has 0 saturated carbocycles. The predicted molar refractivity (Wildman–Crippen MR) is 113 cm³/mol. The second kappa shape index (κ2) is 8.29. The first-order valence-corrected chi connectivity index (χ1v) is 9.17. The Labute approximate surface area is 173 Å². The van der Waals surface area contributed by atoms with Gasteiger partial charge in [0.05, 0.1) is 35.4 Å². The van der Waals surface area contributed by atoms with Crippen molar-refractivity contribution in [2.75, 3.05) is 10.2 Å². The minimum Gasteiger partial charge on any atom is -0.432 e. The van der Waals surface area contributed by atoms with Crippen molar-refractivity contribution in [1.29, 1.82) is 5.26 Å². The van der Waals surface area contributed by atoms with Crippen molar-refractivity contribution in [1.82, 2.24) is 9.97 Å². The number of carbonyl (C=O) groups is 1. The number of hydrogen-bond donors (Lipinski definition) is 1. The number of nitrogens with zero attached hydrogens (tertiary/aromatic N) is 4. The molecule has 0 saturated heterocycles. The van der Waals surface area contributed by atoms with E-state index in [1.807, 2.05) is 25.1 Å². The van der Waals surface area contributed by atoms with Gasteiger partial charge in [-0.3, -0.25) is 14.7 Å². The molecule has 0 aliphatic carbocycles. The van der Waals surface area contributed by atoms with Crippen molar-refractivity contribution in [3.63, 3.8) is 0 Å². The number of anilines is 4. The normalized spacial score (nSPS) is 10.3. The van der Waals surface area contributed by atoms with Crippen LogP contribution >= 0.6 is 0 Å². The van der Waals surface area contributed by atoms with E-state index in [-0.39, 0.29) is 5.91 Å². The SMILES string of the molecule is Cc1ccc(C(=O)Nc2ccc(C#N)cc2)cc1N(c1cccnc1)c1ncco1. The number of carbonyl (C=O) groups excluding carboxylic acids is 1. The lowest BCUT2D eigenvalue weighted by atomic mass is 10.1. The topological polar surface area (TPSA) is 95.1 Å². The van der Waals surface area contributed by atoms with Gasteiger partial charge in [-0.1, -0.05) is 6.07 Å². The highest BCUT2D eigenvalue weighted by Gasteiger charge is 2.20. The Balaban J connectivity index is 1.69. The van der Waals surface area contributed by atoms with Crippen LogP contribution in [0.15, 0.2) is 83.9 Å². The van der Waals surface area contributed by atoms with E-state index in [4.69, 9.17) is 9.68 Å². The lowest BCUT2D eigenvalue weighted by Crippen LogP contribution is -2.15. The lowest BCUT2D eigenvalue weighted by molar-refractivity contribution is 0.102. The van der Waals surface area contributed by atoms with Gasteiger partial charge in [-0.2, -0.15) is 5.26 Å². The van der Waals surface area contributed by atoms with Crippen molar-refractivity contribution < 1.29 is 9.21 Å². The molecule has 30 heavy (non-hydrogen) atoms. The second-order valence-electron chi connectivity index (χ2n) is 6.51. The van der Waals surface area contributed by atoms with E-state index < -0.39 is 0 Å². The number of oxazole rings is 1. The Kier molecular flexibility index (Phi) is 5.22. The molecular formula is C23H17N5O2. The lowest BCUT2D eigenvalue weighted by Gasteiger charge is -2.23. The van der Waals surface area contributed by atoms with Crippen molar-refractivity contribution >= 4 is 29.0 Å². The zero-order valence-electron chi connectivity index (χ0n) is 16.1. The molecule has 0 aliphatic heterocycles. The Hall–Kier alpha value is -4.44. The quantitative estimate of drug-likeness (QED) is 0.512. The van der Waals surface area contributed by atoms with Gasteiger partial charge < -0.3 is 9.73 Å². The molecule has 7 nitrogen and oxygen atoms in total. The average Bonchev–Trinajstić information content (AvgIpc) is 3.31. The number of aromatic nitrogens is 2. The summed E-state index contributed by atoms with van der Waals surface area (Å²) in [6.45, 7) is 1.95. The van der Waals surface area contributed by atoms with E-state index in [1.54, 1.807) is 59.9 Å². The smallest absolute Gasteiger partial charge is 0.306 e. The van der Waals surface area contributed by atoms with E-state index >= 15 is 0 Å². The van der Waals surface area contributed by atoms with Crippen LogP contribution in [0.4, 0.5) is 23.1 Å². The van der Waals surface area contributed by atoms with Gasteiger partial charge in [-0.15, -0.1) is 0 Å². The Bertz CT molecular complexity index is 1200. The summed E-state index contributed by atoms with van der Waals surface area (Å²) >= 11 is 0. The fraction of sp³-hybridized carbons (Fsp3) is 0.0435. The monoisotopic (exact) mass is 395 g/mol. The molecule has 2 aromatic carbocycles. The summed E-state index contributed by atoms with van der Waals surface area (Å²) in [7, 11) is 0. The molecule has 1 amide bonds. The van der Waals surface area contributed by atoms with Gasteiger partial charge in [-0.05, 0) is 61.0 Å². The number of amides is 1. The number of nitriles is 1. The summed E-state index contributed by atoms with van der Waals surface area (Å²) in [5.74, 6) is -0.264. The van der Waals surface area contributed by atoms with Gasteiger partial charge in [0.25, 0.3) is 5.91 Å². The van der Waals surface area contributed by atoms with Crippen LogP contribution in [0.1, 0.15) is 21.5 Å². The number of nitrogens with one attached hydrogen (secondary N) is 1. The van der Waals surface area contributed by atoms with E-state index in [9.17, 15) is 4.79 Å². The molecule has 0 spiro atoms. The highest BCUT2D eigenvalue weighted by Crippen LogP contribution is 2.35. The van der Waals surface area contributed by atoms with Gasteiger partial charge in [0, 0.05) is 17.4 Å². The molecule has 0 atom stereocenters. The number of aryl methyl sites for hydroxylation is 1. The predicted octanol–water partition coefficient (Wildman–Crippen LogP) is 4.97. The highest BCUT2D eigenvalue weighted by molar-refractivity contribution is 6.05. The van der Waals surface area contributed by atoms with Crippen LogP contribution < -0.4 is 10.2 Å². The van der Waals surface area contributed by atoms with Gasteiger partial charge in [0.15, 0.2) is 0 Å². The van der Waals surface area contributed by atoms with E-state index in [2.05, 4.69) is 21.4 Å². The molecule has 0 bridgehead atoms. The van der Waals surface area contributed by atoms with E-state index in [0.29, 0.717) is 22.8 Å². The minimum atomic E-state index is -0.264. The maximum absolute atomic E-state index is 12.8. The molecular weight excluding hydrogens is 378 g/mol. The fourth-order valence-electron chi connectivity index (χ4n) is 2.99. The van der Waals surface area contributed by atoms with Crippen LogP contribution in [0, 0.1) is 18.3 Å². The summed E-state index contributed by atoms with van der Waals surface area (Å²) in [6, 6.07) is 18.3. The third-order valence-electron chi connectivity index (χ3n) is 4.50. The first kappa shape index (κ1) is 18.9. The van der Waals surface area contributed by atoms with Crippen LogP contribution in [0.3, 0.4) is 0 Å². The summed E-state index contributed by atoms with van der Waals surface area (Å²) in [5, 5.41) is 11.8. The fourth-order valence-corrected chi connectivity index (χ4v) is 2.99. The van der Waals surface area contributed by atoms with Gasteiger partial charge in [0.1, 0.15) is 6.26 Å². The molecule has 0 aliphatic rings. The van der Waals surface area contributed by atoms with Crippen LogP contribution in [-0.4, -0.2) is 15.9 Å². The Morgan fingerprint density at radius 3 is 2.63 bits per heavy atom. The third kappa shape index (κ3) is 3.88. The molecule has 0 radical (unpaired) electrons.